The molecule has 5 aromatic rings. The lowest BCUT2D eigenvalue weighted by Gasteiger charge is -2.10. The zero-order valence-electron chi connectivity index (χ0n) is 17.7. The standard InChI is InChI=1S/C25H19N5O2S/c1-30-23-10-9-20(14-22(23)28-25(30)13-17-5-7-18(15-26)8-6-17)29-33(31,32)24-4-2-3-19-16-27-12-11-21(19)24/h2-12,14,16,29H,13H2,1H3. The topological polar surface area (TPSA) is 101 Å². The largest absolute Gasteiger partial charge is 0.331 e. The first-order valence-corrected chi connectivity index (χ1v) is 11.7. The molecule has 2 aromatic heterocycles. The highest BCUT2D eigenvalue weighted by Crippen LogP contribution is 2.26. The van der Waals surface area contributed by atoms with Gasteiger partial charge in [-0.3, -0.25) is 9.71 Å². The molecule has 0 amide bonds. The van der Waals surface area contributed by atoms with E-state index in [0.29, 0.717) is 28.6 Å². The van der Waals surface area contributed by atoms with Crippen molar-refractivity contribution in [2.24, 2.45) is 7.05 Å². The smallest absolute Gasteiger partial charge is 0.262 e. The maximum Gasteiger partial charge on any atom is 0.262 e. The van der Waals surface area contributed by atoms with Crippen LogP contribution < -0.4 is 4.72 Å². The predicted molar refractivity (Wildman–Crippen MR) is 127 cm³/mol. The highest BCUT2D eigenvalue weighted by molar-refractivity contribution is 7.93. The molecule has 7 nitrogen and oxygen atoms in total. The zero-order chi connectivity index (χ0) is 23.0. The van der Waals surface area contributed by atoms with Crippen molar-refractivity contribution in [2.45, 2.75) is 11.3 Å². The SMILES string of the molecule is Cn1c(Cc2ccc(C#N)cc2)nc2cc(NS(=O)(=O)c3cccc4cnccc34)ccc21. The number of sulfonamides is 1. The molecule has 0 aliphatic rings. The second-order valence-corrected chi connectivity index (χ2v) is 9.39. The van der Waals surface area contributed by atoms with Gasteiger partial charge < -0.3 is 4.57 Å². The summed E-state index contributed by atoms with van der Waals surface area (Å²) in [6, 6.07) is 21.7. The van der Waals surface area contributed by atoms with Gasteiger partial charge in [0.1, 0.15) is 5.82 Å². The number of aryl methyl sites for hydroxylation is 1. The monoisotopic (exact) mass is 453 g/mol. The maximum absolute atomic E-state index is 13.1. The lowest BCUT2D eigenvalue weighted by Crippen LogP contribution is -2.13. The van der Waals surface area contributed by atoms with Crippen LogP contribution in [0.5, 0.6) is 0 Å². The van der Waals surface area contributed by atoms with Crippen molar-refractivity contribution in [3.05, 3.63) is 96.1 Å². The third-order valence-corrected chi connectivity index (χ3v) is 7.04. The van der Waals surface area contributed by atoms with Gasteiger partial charge in [-0.15, -0.1) is 0 Å². The molecule has 0 fully saturated rings. The van der Waals surface area contributed by atoms with Crippen molar-refractivity contribution in [1.82, 2.24) is 14.5 Å². The van der Waals surface area contributed by atoms with E-state index in [4.69, 9.17) is 10.2 Å². The summed E-state index contributed by atoms with van der Waals surface area (Å²) in [5, 5.41) is 10.3. The van der Waals surface area contributed by atoms with Crippen LogP contribution in [0.25, 0.3) is 21.8 Å². The number of aromatic nitrogens is 3. The highest BCUT2D eigenvalue weighted by atomic mass is 32.2. The molecule has 162 valence electrons. The Labute approximate surface area is 191 Å². The minimum absolute atomic E-state index is 0.199. The van der Waals surface area contributed by atoms with E-state index < -0.39 is 10.0 Å². The van der Waals surface area contributed by atoms with Crippen LogP contribution in [0.3, 0.4) is 0 Å². The summed E-state index contributed by atoms with van der Waals surface area (Å²) in [5.41, 5.74) is 3.69. The first-order valence-electron chi connectivity index (χ1n) is 10.2. The van der Waals surface area contributed by atoms with Crippen molar-refractivity contribution in [3.8, 4) is 6.07 Å². The van der Waals surface area contributed by atoms with Crippen LogP contribution in [-0.2, 0) is 23.5 Å². The first-order chi connectivity index (χ1) is 15.9. The Bertz CT molecular complexity index is 1640. The van der Waals surface area contributed by atoms with Gasteiger partial charge in [0.25, 0.3) is 10.0 Å². The Hall–Kier alpha value is -4.22. The van der Waals surface area contributed by atoms with Crippen LogP contribution in [-0.4, -0.2) is 23.0 Å². The Morgan fingerprint density at radius 2 is 1.88 bits per heavy atom. The number of hydrogen-bond acceptors (Lipinski definition) is 5. The second kappa shape index (κ2) is 8.04. The first kappa shape index (κ1) is 20.7. The lowest BCUT2D eigenvalue weighted by atomic mass is 10.1. The number of nitrogens with one attached hydrogen (secondary N) is 1. The van der Waals surface area contributed by atoms with Crippen molar-refractivity contribution in [1.29, 1.82) is 5.26 Å². The lowest BCUT2D eigenvalue weighted by molar-refractivity contribution is 0.602. The predicted octanol–water partition coefficient (Wildman–Crippen LogP) is 4.38. The van der Waals surface area contributed by atoms with E-state index in [1.54, 1.807) is 54.9 Å². The third kappa shape index (κ3) is 3.90. The summed E-state index contributed by atoms with van der Waals surface area (Å²) in [6.45, 7) is 0. The second-order valence-electron chi connectivity index (χ2n) is 7.73. The quantitative estimate of drug-likeness (QED) is 0.425. The van der Waals surface area contributed by atoms with Crippen LogP contribution in [0.2, 0.25) is 0 Å². The number of fused-ring (bicyclic) bond motifs is 2. The van der Waals surface area contributed by atoms with Gasteiger partial charge >= 0.3 is 0 Å². The summed E-state index contributed by atoms with van der Waals surface area (Å²) in [4.78, 5) is 8.98. The molecule has 0 saturated carbocycles. The number of benzene rings is 3. The number of anilines is 1. The third-order valence-electron chi connectivity index (χ3n) is 5.60. The number of nitrogens with zero attached hydrogens (tertiary/aromatic N) is 4. The summed E-state index contributed by atoms with van der Waals surface area (Å²) in [7, 11) is -1.87. The Morgan fingerprint density at radius 1 is 1.06 bits per heavy atom. The minimum atomic E-state index is -3.81. The maximum atomic E-state index is 13.1. The molecule has 0 unspecified atom stereocenters. The van der Waals surface area contributed by atoms with E-state index in [0.717, 1.165) is 22.3 Å². The van der Waals surface area contributed by atoms with Gasteiger partial charge in [-0.25, -0.2) is 13.4 Å². The molecule has 5 rings (SSSR count). The molecule has 0 spiro atoms. The van der Waals surface area contributed by atoms with Gasteiger partial charge in [-0.2, -0.15) is 5.26 Å². The average molecular weight is 454 g/mol. The van der Waals surface area contributed by atoms with Crippen LogP contribution in [0, 0.1) is 11.3 Å². The molecule has 0 atom stereocenters. The summed E-state index contributed by atoms with van der Waals surface area (Å²) in [6.07, 6.45) is 3.82. The molecule has 3 aromatic carbocycles. The van der Waals surface area contributed by atoms with Gasteiger partial charge in [0.15, 0.2) is 0 Å². The highest BCUT2D eigenvalue weighted by Gasteiger charge is 2.18. The fourth-order valence-corrected chi connectivity index (χ4v) is 5.17. The number of pyridine rings is 1. The number of rotatable bonds is 5. The number of imidazole rings is 1. The van der Waals surface area contributed by atoms with Crippen LogP contribution in [0.4, 0.5) is 5.69 Å². The molecular formula is C25H19N5O2S. The van der Waals surface area contributed by atoms with E-state index in [-0.39, 0.29) is 4.90 Å². The molecular weight excluding hydrogens is 434 g/mol. The Balaban J connectivity index is 1.46. The van der Waals surface area contributed by atoms with Crippen molar-refractivity contribution in [2.75, 3.05) is 4.72 Å². The van der Waals surface area contributed by atoms with E-state index in [9.17, 15) is 8.42 Å². The van der Waals surface area contributed by atoms with Gasteiger partial charge in [0.05, 0.1) is 33.2 Å². The molecule has 2 heterocycles. The molecule has 8 heteroatoms. The summed E-state index contributed by atoms with van der Waals surface area (Å²) in [5.74, 6) is 0.844. The molecule has 33 heavy (non-hydrogen) atoms. The van der Waals surface area contributed by atoms with Gasteiger partial charge in [-0.05, 0) is 48.0 Å². The average Bonchev–Trinajstić information content (AvgIpc) is 3.13. The van der Waals surface area contributed by atoms with Gasteiger partial charge in [0, 0.05) is 36.6 Å². The Kier molecular flexibility index (Phi) is 5.04. The fourth-order valence-electron chi connectivity index (χ4n) is 3.89. The molecule has 1 N–H and O–H groups in total. The van der Waals surface area contributed by atoms with E-state index in [1.807, 2.05) is 35.9 Å². The molecule has 0 aliphatic carbocycles. The van der Waals surface area contributed by atoms with E-state index in [2.05, 4.69) is 15.8 Å². The van der Waals surface area contributed by atoms with Gasteiger partial charge in [-0.1, -0.05) is 24.3 Å². The fraction of sp³-hybridized carbons (Fsp3) is 0.0800. The van der Waals surface area contributed by atoms with E-state index in [1.165, 1.54) is 0 Å². The van der Waals surface area contributed by atoms with Crippen LogP contribution >= 0.6 is 0 Å². The zero-order valence-corrected chi connectivity index (χ0v) is 18.5. The summed E-state index contributed by atoms with van der Waals surface area (Å²) < 4.78 is 30.9. The van der Waals surface area contributed by atoms with Gasteiger partial charge in [0.2, 0.25) is 0 Å². The minimum Gasteiger partial charge on any atom is -0.331 e. The van der Waals surface area contributed by atoms with E-state index >= 15 is 0 Å². The normalized spacial score (nSPS) is 11.5. The van der Waals surface area contributed by atoms with Crippen LogP contribution in [0.1, 0.15) is 17.0 Å². The van der Waals surface area contributed by atoms with Crippen molar-refractivity contribution < 1.29 is 8.42 Å². The van der Waals surface area contributed by atoms with Crippen LogP contribution in [0.15, 0.2) is 84.0 Å². The number of hydrogen-bond donors (Lipinski definition) is 1. The molecule has 0 saturated heterocycles. The van der Waals surface area contributed by atoms with Crippen molar-refractivity contribution in [3.63, 3.8) is 0 Å². The number of nitriles is 1. The summed E-state index contributed by atoms with van der Waals surface area (Å²) >= 11 is 0. The molecule has 0 radical (unpaired) electrons. The molecule has 0 aliphatic heterocycles. The molecule has 0 bridgehead atoms. The Morgan fingerprint density at radius 3 is 2.67 bits per heavy atom. The van der Waals surface area contributed by atoms with Crippen molar-refractivity contribution >= 4 is 37.5 Å².